The number of amides is 2. The molecule has 0 unspecified atom stereocenters. The Kier molecular flexibility index (Phi) is 4.94. The molecular weight excluding hydrogens is 351 g/mol. The van der Waals surface area contributed by atoms with Crippen LogP contribution in [0.4, 0.5) is 18.9 Å². The molecule has 0 bridgehead atoms. The summed E-state index contributed by atoms with van der Waals surface area (Å²) in [4.78, 5) is 25.1. The second-order valence-corrected chi connectivity index (χ2v) is 5.71. The first kappa shape index (κ1) is 17.9. The van der Waals surface area contributed by atoms with Crippen LogP contribution in [0, 0.1) is 0 Å². The highest BCUT2D eigenvalue weighted by Gasteiger charge is 2.35. The number of halogens is 3. The van der Waals surface area contributed by atoms with Gasteiger partial charge in [0.1, 0.15) is 5.69 Å². The minimum absolute atomic E-state index is 0.0698. The number of carbonyl (C=O) groups excluding carboxylic acids is 2. The maximum absolute atomic E-state index is 12.9. The quantitative estimate of drug-likeness (QED) is 0.853. The summed E-state index contributed by atoms with van der Waals surface area (Å²) in [6.07, 6.45) is -3.44. The average Bonchev–Trinajstić information content (AvgIpc) is 3.08. The number of benzene rings is 1. The predicted molar refractivity (Wildman–Crippen MR) is 86.6 cm³/mol. The van der Waals surface area contributed by atoms with Crippen LogP contribution in [0.25, 0.3) is 5.69 Å². The highest BCUT2D eigenvalue weighted by molar-refractivity contribution is 5.95. The van der Waals surface area contributed by atoms with Gasteiger partial charge in [0.2, 0.25) is 11.8 Å². The molecule has 2 aromatic rings. The van der Waals surface area contributed by atoms with Gasteiger partial charge in [-0.1, -0.05) is 0 Å². The molecule has 1 aromatic heterocycles. The van der Waals surface area contributed by atoms with Gasteiger partial charge >= 0.3 is 6.18 Å². The number of hydrogen-bond donors (Lipinski definition) is 2. The van der Waals surface area contributed by atoms with Crippen molar-refractivity contribution in [2.24, 2.45) is 0 Å². The van der Waals surface area contributed by atoms with Crippen molar-refractivity contribution < 1.29 is 22.8 Å². The number of piperazine rings is 1. The number of nitrogens with zero attached hydrogens (tertiary/aromatic N) is 3. The molecule has 1 aromatic carbocycles. The summed E-state index contributed by atoms with van der Waals surface area (Å²) >= 11 is 0. The van der Waals surface area contributed by atoms with Gasteiger partial charge in [-0.25, -0.2) is 4.68 Å². The number of aromatic nitrogens is 2. The van der Waals surface area contributed by atoms with Gasteiger partial charge in [0, 0.05) is 18.8 Å². The summed E-state index contributed by atoms with van der Waals surface area (Å²) in [5.74, 6) is -0.525. The fraction of sp³-hybridized carbons (Fsp3) is 0.312. The highest BCUT2D eigenvalue weighted by Crippen LogP contribution is 2.30. The standard InChI is InChI=1S/C16H16F3N5O2/c17-16(18,19)13-5-6-21-24(13)12-3-1-11(2-4-12)22-14(25)10-23-8-7-20-9-15(23)26/h1-6,20H,7-10H2,(H,22,25). The highest BCUT2D eigenvalue weighted by atomic mass is 19.4. The maximum Gasteiger partial charge on any atom is 0.433 e. The van der Waals surface area contributed by atoms with Crippen molar-refractivity contribution in [3.63, 3.8) is 0 Å². The van der Waals surface area contributed by atoms with E-state index in [1.807, 2.05) is 0 Å². The third kappa shape index (κ3) is 4.02. The molecular formula is C16H16F3N5O2. The molecule has 3 rings (SSSR count). The van der Waals surface area contributed by atoms with Crippen LogP contribution in [-0.2, 0) is 15.8 Å². The summed E-state index contributed by atoms with van der Waals surface area (Å²) in [7, 11) is 0. The number of alkyl halides is 3. The summed E-state index contributed by atoms with van der Waals surface area (Å²) in [5.41, 5.74) is -0.244. The smallest absolute Gasteiger partial charge is 0.331 e. The Morgan fingerprint density at radius 1 is 1.23 bits per heavy atom. The van der Waals surface area contributed by atoms with Gasteiger partial charge in [-0.05, 0) is 30.3 Å². The molecule has 1 fully saturated rings. The Morgan fingerprint density at radius 3 is 2.62 bits per heavy atom. The first-order valence-corrected chi connectivity index (χ1v) is 7.84. The molecule has 0 spiro atoms. The van der Waals surface area contributed by atoms with Gasteiger partial charge in [0.25, 0.3) is 0 Å². The van der Waals surface area contributed by atoms with Crippen LogP contribution in [-0.4, -0.2) is 52.7 Å². The number of rotatable bonds is 4. The minimum Gasteiger partial charge on any atom is -0.331 e. The zero-order chi connectivity index (χ0) is 18.7. The molecule has 0 aliphatic carbocycles. The van der Waals surface area contributed by atoms with E-state index >= 15 is 0 Å². The van der Waals surface area contributed by atoms with Crippen LogP contribution >= 0.6 is 0 Å². The van der Waals surface area contributed by atoms with Crippen molar-refractivity contribution in [2.75, 3.05) is 31.5 Å². The molecule has 2 N–H and O–H groups in total. The van der Waals surface area contributed by atoms with Crippen LogP contribution < -0.4 is 10.6 Å². The van der Waals surface area contributed by atoms with Crippen LogP contribution in [0.2, 0.25) is 0 Å². The molecule has 26 heavy (non-hydrogen) atoms. The summed E-state index contributed by atoms with van der Waals surface area (Å²) in [6, 6.07) is 6.70. The van der Waals surface area contributed by atoms with Crippen LogP contribution in [0.5, 0.6) is 0 Å². The van der Waals surface area contributed by atoms with E-state index in [2.05, 4.69) is 15.7 Å². The lowest BCUT2D eigenvalue weighted by atomic mass is 10.2. The zero-order valence-electron chi connectivity index (χ0n) is 13.6. The Morgan fingerprint density at radius 2 is 1.96 bits per heavy atom. The summed E-state index contributed by atoms with van der Waals surface area (Å²) in [6.45, 7) is 1.21. The van der Waals surface area contributed by atoms with Crippen molar-refractivity contribution >= 4 is 17.5 Å². The monoisotopic (exact) mass is 367 g/mol. The van der Waals surface area contributed by atoms with Crippen molar-refractivity contribution in [3.05, 3.63) is 42.2 Å². The molecule has 2 amide bonds. The molecule has 0 atom stereocenters. The molecule has 1 aliphatic heterocycles. The zero-order valence-corrected chi connectivity index (χ0v) is 13.6. The average molecular weight is 367 g/mol. The third-order valence-corrected chi connectivity index (χ3v) is 3.85. The van der Waals surface area contributed by atoms with E-state index in [4.69, 9.17) is 0 Å². The largest absolute Gasteiger partial charge is 0.433 e. The van der Waals surface area contributed by atoms with Gasteiger partial charge in [0.05, 0.1) is 25.0 Å². The predicted octanol–water partition coefficient (Wildman–Crippen LogP) is 1.26. The third-order valence-electron chi connectivity index (χ3n) is 3.85. The lowest BCUT2D eigenvalue weighted by Gasteiger charge is -2.26. The van der Waals surface area contributed by atoms with Crippen molar-refractivity contribution in [3.8, 4) is 5.69 Å². The number of carbonyl (C=O) groups is 2. The first-order valence-electron chi connectivity index (χ1n) is 7.84. The summed E-state index contributed by atoms with van der Waals surface area (Å²) < 4.78 is 39.5. The fourth-order valence-corrected chi connectivity index (χ4v) is 2.60. The Labute approximate surface area is 146 Å². The van der Waals surface area contributed by atoms with Crippen LogP contribution in [0.1, 0.15) is 5.69 Å². The lowest BCUT2D eigenvalue weighted by Crippen LogP contribution is -2.50. The topological polar surface area (TPSA) is 79.3 Å². The second kappa shape index (κ2) is 7.16. The van der Waals surface area contributed by atoms with E-state index in [1.165, 1.54) is 29.2 Å². The molecule has 10 heteroatoms. The van der Waals surface area contributed by atoms with Gasteiger partial charge in [-0.15, -0.1) is 0 Å². The van der Waals surface area contributed by atoms with Crippen molar-refractivity contribution in [2.45, 2.75) is 6.18 Å². The molecule has 138 valence electrons. The Balaban J connectivity index is 1.66. The minimum atomic E-state index is -4.51. The SMILES string of the molecule is O=C(CN1CCNCC1=O)Nc1ccc(-n2nccc2C(F)(F)F)cc1. The Hall–Kier alpha value is -2.88. The first-order chi connectivity index (χ1) is 12.3. The molecule has 1 aliphatic rings. The van der Waals surface area contributed by atoms with Crippen LogP contribution in [0.3, 0.4) is 0 Å². The lowest BCUT2D eigenvalue weighted by molar-refractivity contribution is -0.142. The molecule has 1 saturated heterocycles. The van der Waals surface area contributed by atoms with E-state index in [0.717, 1.165) is 16.9 Å². The van der Waals surface area contributed by atoms with Crippen molar-refractivity contribution in [1.82, 2.24) is 20.0 Å². The molecule has 2 heterocycles. The van der Waals surface area contributed by atoms with Gasteiger partial charge < -0.3 is 15.5 Å². The van der Waals surface area contributed by atoms with Gasteiger partial charge in [-0.3, -0.25) is 9.59 Å². The molecule has 7 nitrogen and oxygen atoms in total. The fourth-order valence-electron chi connectivity index (χ4n) is 2.60. The normalized spacial score (nSPS) is 15.2. The number of hydrogen-bond acceptors (Lipinski definition) is 4. The van der Waals surface area contributed by atoms with Crippen molar-refractivity contribution in [1.29, 1.82) is 0 Å². The molecule has 0 radical (unpaired) electrons. The Bertz CT molecular complexity index is 801. The van der Waals surface area contributed by atoms with Crippen LogP contribution in [0.15, 0.2) is 36.5 Å². The van der Waals surface area contributed by atoms with Gasteiger partial charge in [0.15, 0.2) is 0 Å². The number of anilines is 1. The van der Waals surface area contributed by atoms with E-state index < -0.39 is 11.9 Å². The summed E-state index contributed by atoms with van der Waals surface area (Å²) in [5, 5.41) is 9.22. The van der Waals surface area contributed by atoms with E-state index in [-0.39, 0.29) is 30.6 Å². The van der Waals surface area contributed by atoms with E-state index in [0.29, 0.717) is 18.8 Å². The number of nitrogens with one attached hydrogen (secondary N) is 2. The maximum atomic E-state index is 12.9. The van der Waals surface area contributed by atoms with Gasteiger partial charge in [-0.2, -0.15) is 18.3 Å². The second-order valence-electron chi connectivity index (χ2n) is 5.71. The molecule has 0 saturated carbocycles. The van der Waals surface area contributed by atoms with E-state index in [1.54, 1.807) is 0 Å². The van der Waals surface area contributed by atoms with E-state index in [9.17, 15) is 22.8 Å².